The van der Waals surface area contributed by atoms with Crippen molar-refractivity contribution in [3.63, 3.8) is 0 Å². The van der Waals surface area contributed by atoms with Crippen LogP contribution < -0.4 is 0 Å². The zero-order chi connectivity index (χ0) is 17.4. The Hall–Kier alpha value is -1.24. The van der Waals surface area contributed by atoms with Crippen LogP contribution in [0.1, 0.15) is 49.2 Å². The van der Waals surface area contributed by atoms with Crippen LogP contribution in [0.25, 0.3) is 6.08 Å². The molecular formula is C17H23BO4S. The van der Waals surface area contributed by atoms with Gasteiger partial charge in [0.2, 0.25) is 0 Å². The summed E-state index contributed by atoms with van der Waals surface area (Å²) in [6.07, 6.45) is 1.83. The van der Waals surface area contributed by atoms with Crippen molar-refractivity contribution in [1.82, 2.24) is 0 Å². The number of carboxylic acids is 1. The van der Waals surface area contributed by atoms with Gasteiger partial charge in [-0.1, -0.05) is 18.2 Å². The first kappa shape index (κ1) is 18.1. The second-order valence-corrected chi connectivity index (χ2v) is 7.12. The Morgan fingerprint density at radius 2 is 1.83 bits per heavy atom. The van der Waals surface area contributed by atoms with Crippen LogP contribution in [0.5, 0.6) is 0 Å². The zero-order valence-electron chi connectivity index (χ0n) is 14.2. The molecule has 0 amide bonds. The standard InChI is InChI=1S/C17H23BO4S/c1-11-7-6-8-13(15(19)20)14(11)9-12(10-23)18-21-16(2,3)17(4,5)22-18/h6-9,23H,10H2,1-5H3,(H,19,20). The van der Waals surface area contributed by atoms with E-state index in [1.807, 2.05) is 46.8 Å². The van der Waals surface area contributed by atoms with Crippen molar-refractivity contribution in [2.24, 2.45) is 0 Å². The zero-order valence-corrected chi connectivity index (χ0v) is 15.1. The summed E-state index contributed by atoms with van der Waals surface area (Å²) in [5, 5.41) is 9.40. The molecule has 0 aromatic heterocycles. The second-order valence-electron chi connectivity index (χ2n) is 6.81. The predicted molar refractivity (Wildman–Crippen MR) is 96.1 cm³/mol. The first-order chi connectivity index (χ1) is 10.6. The molecule has 2 rings (SSSR count). The van der Waals surface area contributed by atoms with Crippen molar-refractivity contribution in [2.45, 2.75) is 45.8 Å². The Bertz CT molecular complexity index is 636. The fraction of sp³-hybridized carbons (Fsp3) is 0.471. The highest BCUT2D eigenvalue weighted by Gasteiger charge is 2.52. The topological polar surface area (TPSA) is 55.8 Å². The number of hydrogen-bond donors (Lipinski definition) is 2. The first-order valence-corrected chi connectivity index (χ1v) is 8.22. The van der Waals surface area contributed by atoms with Crippen LogP contribution in [0, 0.1) is 6.92 Å². The number of aryl methyl sites for hydroxylation is 1. The van der Waals surface area contributed by atoms with Crippen LogP contribution in [0.4, 0.5) is 0 Å². The van der Waals surface area contributed by atoms with Crippen molar-refractivity contribution in [1.29, 1.82) is 0 Å². The third-order valence-electron chi connectivity index (χ3n) is 4.62. The molecule has 1 aliphatic heterocycles. The van der Waals surface area contributed by atoms with E-state index in [1.54, 1.807) is 12.1 Å². The lowest BCUT2D eigenvalue weighted by Crippen LogP contribution is -2.41. The van der Waals surface area contributed by atoms with Gasteiger partial charge in [0.15, 0.2) is 0 Å². The predicted octanol–water partition coefficient (Wildman–Crippen LogP) is 3.64. The minimum atomic E-state index is -0.951. The van der Waals surface area contributed by atoms with Crippen LogP contribution >= 0.6 is 12.6 Å². The van der Waals surface area contributed by atoms with Crippen LogP contribution in [0.2, 0.25) is 0 Å². The summed E-state index contributed by atoms with van der Waals surface area (Å²) in [5.74, 6) is -0.531. The number of aromatic carboxylic acids is 1. The number of carboxylic acid groups (broad SMARTS) is 1. The van der Waals surface area contributed by atoms with E-state index < -0.39 is 24.3 Å². The SMILES string of the molecule is Cc1cccc(C(=O)O)c1C=C(CS)B1OC(C)(C)C(C)(C)O1. The van der Waals surface area contributed by atoms with Crippen molar-refractivity contribution in [3.05, 3.63) is 40.4 Å². The minimum absolute atomic E-state index is 0.265. The molecule has 0 atom stereocenters. The molecular weight excluding hydrogens is 311 g/mol. The van der Waals surface area contributed by atoms with E-state index in [4.69, 9.17) is 9.31 Å². The molecule has 0 radical (unpaired) electrons. The molecule has 0 spiro atoms. The van der Waals surface area contributed by atoms with Gasteiger partial charge in [0, 0.05) is 5.75 Å². The quantitative estimate of drug-likeness (QED) is 0.652. The monoisotopic (exact) mass is 334 g/mol. The number of rotatable bonds is 4. The third-order valence-corrected chi connectivity index (χ3v) is 4.99. The Morgan fingerprint density at radius 3 is 2.30 bits per heavy atom. The Balaban J connectivity index is 2.44. The molecule has 1 aromatic rings. The number of hydrogen-bond acceptors (Lipinski definition) is 4. The van der Waals surface area contributed by atoms with Gasteiger partial charge < -0.3 is 14.4 Å². The van der Waals surface area contributed by atoms with E-state index in [0.29, 0.717) is 11.3 Å². The van der Waals surface area contributed by atoms with E-state index in [2.05, 4.69) is 12.6 Å². The molecule has 23 heavy (non-hydrogen) atoms. The van der Waals surface area contributed by atoms with Gasteiger partial charge in [-0.05, 0) is 57.3 Å². The van der Waals surface area contributed by atoms with E-state index in [9.17, 15) is 9.90 Å². The molecule has 0 saturated carbocycles. The first-order valence-electron chi connectivity index (χ1n) is 7.59. The summed E-state index contributed by atoms with van der Waals surface area (Å²) < 4.78 is 12.1. The number of carbonyl (C=O) groups is 1. The fourth-order valence-electron chi connectivity index (χ4n) is 2.43. The Morgan fingerprint density at radius 1 is 1.26 bits per heavy atom. The van der Waals surface area contributed by atoms with E-state index in [-0.39, 0.29) is 5.56 Å². The van der Waals surface area contributed by atoms with Crippen molar-refractivity contribution < 1.29 is 19.2 Å². The summed E-state index contributed by atoms with van der Waals surface area (Å²) >= 11 is 4.38. The summed E-state index contributed by atoms with van der Waals surface area (Å²) in [7, 11) is -0.529. The van der Waals surface area contributed by atoms with Gasteiger partial charge in [0.05, 0.1) is 16.8 Å². The Kier molecular flexibility index (Phi) is 4.99. The fourth-order valence-corrected chi connectivity index (χ4v) is 2.67. The second kappa shape index (κ2) is 6.34. The molecule has 1 N–H and O–H groups in total. The highest BCUT2D eigenvalue weighted by atomic mass is 32.1. The lowest BCUT2D eigenvalue weighted by molar-refractivity contribution is 0.00578. The maximum atomic E-state index is 11.5. The van der Waals surface area contributed by atoms with Crippen molar-refractivity contribution >= 4 is 31.8 Å². The summed E-state index contributed by atoms with van der Waals surface area (Å²) in [6, 6.07) is 5.23. The normalized spacial score (nSPS) is 19.9. The summed E-state index contributed by atoms with van der Waals surface area (Å²) in [6.45, 7) is 9.83. The molecule has 0 aliphatic carbocycles. The van der Waals surface area contributed by atoms with Crippen LogP contribution in [-0.4, -0.2) is 35.1 Å². The van der Waals surface area contributed by atoms with E-state index >= 15 is 0 Å². The molecule has 1 saturated heterocycles. The van der Waals surface area contributed by atoms with Crippen molar-refractivity contribution in [3.8, 4) is 0 Å². The van der Waals surface area contributed by atoms with Crippen LogP contribution in [0.3, 0.4) is 0 Å². The highest BCUT2D eigenvalue weighted by molar-refractivity contribution is 7.80. The minimum Gasteiger partial charge on any atom is -0.478 e. The van der Waals surface area contributed by atoms with E-state index in [1.165, 1.54) is 0 Å². The molecule has 1 aliphatic rings. The molecule has 0 bridgehead atoms. The van der Waals surface area contributed by atoms with Gasteiger partial charge in [0.25, 0.3) is 0 Å². The van der Waals surface area contributed by atoms with Gasteiger partial charge in [-0.2, -0.15) is 12.6 Å². The maximum Gasteiger partial charge on any atom is 0.491 e. The molecule has 4 nitrogen and oxygen atoms in total. The van der Waals surface area contributed by atoms with Gasteiger partial charge in [-0.25, -0.2) is 4.79 Å². The molecule has 6 heteroatoms. The smallest absolute Gasteiger partial charge is 0.478 e. The molecule has 1 fully saturated rings. The summed E-state index contributed by atoms with van der Waals surface area (Å²) in [5.41, 5.74) is 1.74. The average molecular weight is 334 g/mol. The van der Waals surface area contributed by atoms with Gasteiger partial charge in [-0.3, -0.25) is 0 Å². The molecule has 124 valence electrons. The van der Waals surface area contributed by atoms with Crippen molar-refractivity contribution in [2.75, 3.05) is 5.75 Å². The Labute approximate surface area is 143 Å². The van der Waals surface area contributed by atoms with Crippen LogP contribution in [-0.2, 0) is 9.31 Å². The number of thiol groups is 1. The molecule has 1 heterocycles. The summed E-state index contributed by atoms with van der Waals surface area (Å²) in [4.78, 5) is 11.5. The third kappa shape index (κ3) is 3.49. The highest BCUT2D eigenvalue weighted by Crippen LogP contribution is 2.39. The van der Waals surface area contributed by atoms with Crippen LogP contribution in [0.15, 0.2) is 23.7 Å². The average Bonchev–Trinajstić information content (AvgIpc) is 2.65. The molecule has 0 unspecified atom stereocenters. The van der Waals surface area contributed by atoms with Gasteiger partial charge in [0.1, 0.15) is 0 Å². The largest absolute Gasteiger partial charge is 0.491 e. The van der Waals surface area contributed by atoms with Gasteiger partial charge in [-0.15, -0.1) is 0 Å². The van der Waals surface area contributed by atoms with E-state index in [0.717, 1.165) is 11.0 Å². The lowest BCUT2D eigenvalue weighted by Gasteiger charge is -2.32. The van der Waals surface area contributed by atoms with Gasteiger partial charge >= 0.3 is 13.1 Å². The maximum absolute atomic E-state index is 11.5. The molecule has 1 aromatic carbocycles. The number of benzene rings is 1. The lowest BCUT2D eigenvalue weighted by atomic mass is 9.77.